The molecule has 2 rings (SSSR count). The van der Waals surface area contributed by atoms with Crippen molar-refractivity contribution in [3.8, 4) is 17.2 Å². The van der Waals surface area contributed by atoms with E-state index in [-0.39, 0.29) is 5.91 Å². The molecule has 2 aromatic carbocycles. The maximum absolute atomic E-state index is 12.3. The van der Waals surface area contributed by atoms with Gasteiger partial charge < -0.3 is 24.3 Å². The summed E-state index contributed by atoms with van der Waals surface area (Å²) in [6.07, 6.45) is -0.781. The fourth-order valence-corrected chi connectivity index (χ4v) is 2.23. The molecule has 0 fully saturated rings. The lowest BCUT2D eigenvalue weighted by Gasteiger charge is -2.16. The fourth-order valence-electron chi connectivity index (χ4n) is 2.23. The number of amides is 1. The lowest BCUT2D eigenvalue weighted by atomic mass is 10.2. The van der Waals surface area contributed by atoms with Gasteiger partial charge in [-0.3, -0.25) is 4.79 Å². The van der Waals surface area contributed by atoms with Gasteiger partial charge in [-0.2, -0.15) is 0 Å². The number of carbonyl (C=O) groups is 2. The summed E-state index contributed by atoms with van der Waals surface area (Å²) >= 11 is 0. The number of nitrogens with one attached hydrogen (secondary N) is 1. The summed E-state index contributed by atoms with van der Waals surface area (Å²) in [5.74, 6) is 0.639. The Bertz CT molecular complexity index is 789. The summed E-state index contributed by atoms with van der Waals surface area (Å²) in [6.45, 7) is 1.61. The first-order valence-electron chi connectivity index (χ1n) is 7.86. The van der Waals surface area contributed by atoms with Gasteiger partial charge in [0.2, 0.25) is 0 Å². The summed E-state index contributed by atoms with van der Waals surface area (Å²) in [5, 5.41) is 2.75. The molecule has 1 amide bonds. The van der Waals surface area contributed by atoms with Gasteiger partial charge >= 0.3 is 5.97 Å². The minimum Gasteiger partial charge on any atom is -0.493 e. The Morgan fingerprint density at radius 1 is 0.962 bits per heavy atom. The second-order valence-electron chi connectivity index (χ2n) is 5.34. The molecule has 0 aliphatic carbocycles. The number of anilines is 1. The maximum atomic E-state index is 12.3. The van der Waals surface area contributed by atoms with Crippen LogP contribution in [0.3, 0.4) is 0 Å². The molecule has 0 radical (unpaired) electrons. The van der Waals surface area contributed by atoms with Crippen LogP contribution in [-0.4, -0.2) is 39.3 Å². The highest BCUT2D eigenvalue weighted by molar-refractivity contribution is 5.94. The van der Waals surface area contributed by atoms with E-state index in [9.17, 15) is 9.59 Å². The lowest BCUT2D eigenvalue weighted by Crippen LogP contribution is -2.30. The van der Waals surface area contributed by atoms with Crippen LogP contribution in [0, 0.1) is 0 Å². The molecule has 26 heavy (non-hydrogen) atoms. The van der Waals surface area contributed by atoms with Gasteiger partial charge in [0.15, 0.2) is 17.6 Å². The summed E-state index contributed by atoms with van der Waals surface area (Å²) in [4.78, 5) is 23.9. The number of hydrogen-bond donors (Lipinski definition) is 1. The lowest BCUT2D eigenvalue weighted by molar-refractivity contribution is -0.122. The van der Waals surface area contributed by atoms with Crippen molar-refractivity contribution in [2.24, 2.45) is 0 Å². The quantitative estimate of drug-likeness (QED) is 0.766. The molecular weight excluding hydrogens is 338 g/mol. The third-order valence-electron chi connectivity index (χ3n) is 3.59. The number of ether oxygens (including phenoxy) is 4. The van der Waals surface area contributed by atoms with Crippen LogP contribution in [-0.2, 0) is 9.53 Å². The van der Waals surface area contributed by atoms with Gasteiger partial charge in [0.25, 0.3) is 5.91 Å². The third kappa shape index (κ3) is 4.66. The smallest absolute Gasteiger partial charge is 0.337 e. The van der Waals surface area contributed by atoms with Crippen LogP contribution in [0.1, 0.15) is 17.3 Å². The van der Waals surface area contributed by atoms with Crippen molar-refractivity contribution in [1.82, 2.24) is 0 Å². The van der Waals surface area contributed by atoms with Crippen LogP contribution in [0.15, 0.2) is 42.5 Å². The number of hydrogen-bond acceptors (Lipinski definition) is 6. The molecule has 0 spiro atoms. The second kappa shape index (κ2) is 8.75. The van der Waals surface area contributed by atoms with Crippen LogP contribution >= 0.6 is 0 Å². The maximum Gasteiger partial charge on any atom is 0.337 e. The van der Waals surface area contributed by atoms with E-state index in [1.165, 1.54) is 27.4 Å². The largest absolute Gasteiger partial charge is 0.493 e. The fraction of sp³-hybridized carbons (Fsp3) is 0.263. The average molecular weight is 359 g/mol. The standard InChI is InChI=1S/C19H21NO6/c1-12(26-15-7-5-6-13(10-15)19(22)25-4)18(21)20-14-8-9-16(23-2)17(11-14)24-3/h5-12H,1-4H3,(H,20,21)/t12-/m0/s1. The molecule has 7 nitrogen and oxygen atoms in total. The Hall–Kier alpha value is -3.22. The predicted molar refractivity (Wildman–Crippen MR) is 96.0 cm³/mol. The summed E-state index contributed by atoms with van der Waals surface area (Å²) in [7, 11) is 4.35. The van der Waals surface area contributed by atoms with E-state index in [2.05, 4.69) is 10.1 Å². The van der Waals surface area contributed by atoms with Crippen molar-refractivity contribution in [1.29, 1.82) is 0 Å². The molecule has 0 aromatic heterocycles. The van der Waals surface area contributed by atoms with Gasteiger partial charge in [0, 0.05) is 11.8 Å². The molecule has 1 atom stereocenters. The molecule has 7 heteroatoms. The number of methoxy groups -OCH3 is 3. The van der Waals surface area contributed by atoms with Crippen LogP contribution in [0.4, 0.5) is 5.69 Å². The van der Waals surface area contributed by atoms with E-state index in [1.807, 2.05) is 0 Å². The molecule has 0 aliphatic heterocycles. The van der Waals surface area contributed by atoms with Gasteiger partial charge in [-0.15, -0.1) is 0 Å². The van der Waals surface area contributed by atoms with Gasteiger partial charge in [0.05, 0.1) is 26.9 Å². The van der Waals surface area contributed by atoms with Crippen molar-refractivity contribution in [2.75, 3.05) is 26.6 Å². The zero-order valence-electron chi connectivity index (χ0n) is 15.1. The van der Waals surface area contributed by atoms with Crippen LogP contribution in [0.2, 0.25) is 0 Å². The predicted octanol–water partition coefficient (Wildman–Crippen LogP) is 2.90. The van der Waals surface area contributed by atoms with Crippen molar-refractivity contribution >= 4 is 17.6 Å². The number of rotatable bonds is 7. The first kappa shape index (κ1) is 19.1. The van der Waals surface area contributed by atoms with E-state index in [1.54, 1.807) is 43.3 Å². The first-order valence-corrected chi connectivity index (χ1v) is 7.86. The minimum absolute atomic E-state index is 0.345. The van der Waals surface area contributed by atoms with E-state index in [4.69, 9.17) is 14.2 Å². The molecule has 0 unspecified atom stereocenters. The molecule has 0 saturated carbocycles. The SMILES string of the molecule is COC(=O)c1cccc(O[C@@H](C)C(=O)Nc2ccc(OC)c(OC)c2)c1. The van der Waals surface area contributed by atoms with Gasteiger partial charge in [-0.1, -0.05) is 6.07 Å². The average Bonchev–Trinajstić information content (AvgIpc) is 2.67. The normalized spacial score (nSPS) is 11.2. The summed E-state index contributed by atoms with van der Waals surface area (Å²) in [6, 6.07) is 11.5. The van der Waals surface area contributed by atoms with Crippen molar-refractivity contribution in [3.05, 3.63) is 48.0 Å². The second-order valence-corrected chi connectivity index (χ2v) is 5.34. The van der Waals surface area contributed by atoms with E-state index < -0.39 is 12.1 Å². The van der Waals surface area contributed by atoms with Crippen molar-refractivity contribution in [3.63, 3.8) is 0 Å². The molecule has 0 heterocycles. The molecular formula is C19H21NO6. The molecule has 0 aliphatic rings. The third-order valence-corrected chi connectivity index (χ3v) is 3.59. The van der Waals surface area contributed by atoms with Gasteiger partial charge in [0.1, 0.15) is 5.75 Å². The number of benzene rings is 2. The Morgan fingerprint density at radius 2 is 1.69 bits per heavy atom. The molecule has 0 bridgehead atoms. The highest BCUT2D eigenvalue weighted by Gasteiger charge is 2.17. The highest BCUT2D eigenvalue weighted by Crippen LogP contribution is 2.29. The highest BCUT2D eigenvalue weighted by atomic mass is 16.5. The zero-order chi connectivity index (χ0) is 19.1. The topological polar surface area (TPSA) is 83.1 Å². The number of esters is 1. The van der Waals surface area contributed by atoms with Gasteiger partial charge in [-0.25, -0.2) is 4.79 Å². The van der Waals surface area contributed by atoms with Crippen LogP contribution in [0.25, 0.3) is 0 Å². The monoisotopic (exact) mass is 359 g/mol. The molecule has 2 aromatic rings. The Labute approximate surface area is 151 Å². The van der Waals surface area contributed by atoms with Gasteiger partial charge in [-0.05, 0) is 37.3 Å². The van der Waals surface area contributed by atoms with Crippen LogP contribution in [0.5, 0.6) is 17.2 Å². The Kier molecular flexibility index (Phi) is 6.43. The number of carbonyl (C=O) groups excluding carboxylic acids is 2. The van der Waals surface area contributed by atoms with Crippen molar-refractivity contribution < 1.29 is 28.5 Å². The first-order chi connectivity index (χ1) is 12.5. The summed E-state index contributed by atoms with van der Waals surface area (Å²) < 4.78 is 20.6. The van der Waals surface area contributed by atoms with Crippen LogP contribution < -0.4 is 19.5 Å². The Morgan fingerprint density at radius 3 is 2.35 bits per heavy atom. The van der Waals surface area contributed by atoms with Crippen molar-refractivity contribution in [2.45, 2.75) is 13.0 Å². The minimum atomic E-state index is -0.781. The molecule has 1 N–H and O–H groups in total. The van der Waals surface area contributed by atoms with E-state index >= 15 is 0 Å². The molecule has 0 saturated heterocycles. The molecule has 138 valence electrons. The Balaban J connectivity index is 2.05. The van der Waals surface area contributed by atoms with E-state index in [0.29, 0.717) is 28.5 Å². The van der Waals surface area contributed by atoms with E-state index in [0.717, 1.165) is 0 Å². The zero-order valence-corrected chi connectivity index (χ0v) is 15.1. The summed E-state index contributed by atoms with van der Waals surface area (Å²) in [5.41, 5.74) is 0.893.